The van der Waals surface area contributed by atoms with Gasteiger partial charge < -0.3 is 14.9 Å². The molecule has 0 fully saturated rings. The second-order valence-electron chi connectivity index (χ2n) is 5.35. The summed E-state index contributed by atoms with van der Waals surface area (Å²) in [5.74, 6) is 1.56. The van der Waals surface area contributed by atoms with Gasteiger partial charge in [0.1, 0.15) is 11.4 Å². The molecule has 2 aromatic heterocycles. The predicted molar refractivity (Wildman–Crippen MR) is 93.9 cm³/mol. The van der Waals surface area contributed by atoms with Crippen LogP contribution in [0.4, 0.5) is 5.69 Å². The Kier molecular flexibility index (Phi) is 4.98. The van der Waals surface area contributed by atoms with Crippen molar-refractivity contribution in [2.24, 2.45) is 0 Å². The molecule has 23 heavy (non-hydrogen) atoms. The third-order valence-corrected chi connectivity index (χ3v) is 4.36. The average molecular weight is 328 g/mol. The predicted octanol–water partition coefficient (Wildman–Crippen LogP) is 4.76. The van der Waals surface area contributed by atoms with Crippen LogP contribution in [-0.2, 0) is 6.42 Å². The number of anilines is 1. The molecule has 3 rings (SSSR count). The number of hydrogen-bond donors (Lipinski definition) is 1. The number of thiazole rings is 1. The monoisotopic (exact) mass is 328 g/mol. The van der Waals surface area contributed by atoms with Crippen molar-refractivity contribution >= 4 is 17.0 Å². The molecule has 0 bridgehead atoms. The van der Waals surface area contributed by atoms with Crippen LogP contribution in [0.5, 0.6) is 5.75 Å². The quantitative estimate of drug-likeness (QED) is 0.502. The zero-order valence-corrected chi connectivity index (χ0v) is 13.9. The molecule has 0 saturated carbocycles. The van der Waals surface area contributed by atoms with Crippen LogP contribution in [0.25, 0.3) is 11.5 Å². The van der Waals surface area contributed by atoms with Gasteiger partial charge >= 0.3 is 0 Å². The molecule has 4 nitrogen and oxygen atoms in total. The maximum atomic E-state index is 6.08. The summed E-state index contributed by atoms with van der Waals surface area (Å²) in [6, 6.07) is 9.74. The standard InChI is InChI=1S/C18H20N2O2S/c1-2-3-8-21-16-7-6-13(10-14(16)19)11-18-20-15(12-23-18)17-5-4-9-22-17/h4-7,9-10,12H,2-3,8,11,19H2,1H3. The van der Waals surface area contributed by atoms with E-state index >= 15 is 0 Å². The van der Waals surface area contributed by atoms with Crippen molar-refractivity contribution in [2.75, 3.05) is 12.3 Å². The number of hydrogen-bond acceptors (Lipinski definition) is 5. The van der Waals surface area contributed by atoms with Crippen molar-refractivity contribution in [1.29, 1.82) is 0 Å². The van der Waals surface area contributed by atoms with E-state index in [0.29, 0.717) is 12.3 Å². The van der Waals surface area contributed by atoms with E-state index in [9.17, 15) is 0 Å². The molecule has 3 aromatic rings. The highest BCUT2D eigenvalue weighted by Crippen LogP contribution is 2.27. The highest BCUT2D eigenvalue weighted by molar-refractivity contribution is 7.10. The minimum absolute atomic E-state index is 0.682. The number of unbranched alkanes of at least 4 members (excludes halogenated alkanes) is 1. The fraction of sp³-hybridized carbons (Fsp3) is 0.278. The van der Waals surface area contributed by atoms with E-state index in [2.05, 4.69) is 11.9 Å². The molecule has 0 radical (unpaired) electrons. The number of aromatic nitrogens is 1. The topological polar surface area (TPSA) is 61.3 Å². The van der Waals surface area contributed by atoms with E-state index in [1.54, 1.807) is 17.6 Å². The van der Waals surface area contributed by atoms with Gasteiger partial charge in [0.2, 0.25) is 0 Å². The average Bonchev–Trinajstić information content (AvgIpc) is 3.20. The van der Waals surface area contributed by atoms with Gasteiger partial charge in [-0.05, 0) is 36.2 Å². The van der Waals surface area contributed by atoms with Crippen LogP contribution in [-0.4, -0.2) is 11.6 Å². The maximum absolute atomic E-state index is 6.08. The van der Waals surface area contributed by atoms with Crippen LogP contribution in [0.2, 0.25) is 0 Å². The van der Waals surface area contributed by atoms with Crippen molar-refractivity contribution in [3.05, 3.63) is 52.5 Å². The first kappa shape index (κ1) is 15.6. The molecule has 5 heteroatoms. The number of rotatable bonds is 7. The van der Waals surface area contributed by atoms with E-state index < -0.39 is 0 Å². The Labute approximate surface area is 139 Å². The first-order valence-electron chi connectivity index (χ1n) is 7.75. The molecule has 0 saturated heterocycles. The van der Waals surface area contributed by atoms with Gasteiger partial charge in [0.15, 0.2) is 5.76 Å². The van der Waals surface area contributed by atoms with Crippen molar-refractivity contribution in [3.8, 4) is 17.2 Å². The van der Waals surface area contributed by atoms with Gasteiger partial charge in [0.05, 0.1) is 23.6 Å². The molecule has 0 spiro atoms. The number of nitrogens with zero attached hydrogens (tertiary/aromatic N) is 1. The highest BCUT2D eigenvalue weighted by atomic mass is 32.1. The summed E-state index contributed by atoms with van der Waals surface area (Å²) in [5, 5.41) is 3.05. The number of nitrogens with two attached hydrogens (primary N) is 1. The SMILES string of the molecule is CCCCOc1ccc(Cc2nc(-c3ccco3)cs2)cc1N. The van der Waals surface area contributed by atoms with Crippen molar-refractivity contribution in [3.63, 3.8) is 0 Å². The third kappa shape index (κ3) is 3.93. The summed E-state index contributed by atoms with van der Waals surface area (Å²) in [4.78, 5) is 4.61. The van der Waals surface area contributed by atoms with Crippen LogP contribution >= 0.6 is 11.3 Å². The molecule has 0 unspecified atom stereocenters. The summed E-state index contributed by atoms with van der Waals surface area (Å²) < 4.78 is 11.1. The summed E-state index contributed by atoms with van der Waals surface area (Å²) in [7, 11) is 0. The number of furan rings is 1. The first-order chi connectivity index (χ1) is 11.3. The van der Waals surface area contributed by atoms with Gasteiger partial charge in [-0.15, -0.1) is 11.3 Å². The molecule has 2 heterocycles. The molecule has 2 N–H and O–H groups in total. The fourth-order valence-electron chi connectivity index (χ4n) is 2.27. The van der Waals surface area contributed by atoms with Gasteiger partial charge in [-0.2, -0.15) is 0 Å². The van der Waals surface area contributed by atoms with Crippen LogP contribution in [0.3, 0.4) is 0 Å². The lowest BCUT2D eigenvalue weighted by atomic mass is 10.1. The normalized spacial score (nSPS) is 10.8. The summed E-state index contributed by atoms with van der Waals surface area (Å²) in [6.07, 6.45) is 4.56. The summed E-state index contributed by atoms with van der Waals surface area (Å²) >= 11 is 1.63. The Morgan fingerprint density at radius 3 is 2.96 bits per heavy atom. The molecular formula is C18H20N2O2S. The van der Waals surface area contributed by atoms with Crippen LogP contribution < -0.4 is 10.5 Å². The van der Waals surface area contributed by atoms with E-state index in [1.807, 2.05) is 35.7 Å². The molecular weight excluding hydrogens is 308 g/mol. The van der Waals surface area contributed by atoms with E-state index in [-0.39, 0.29) is 0 Å². The van der Waals surface area contributed by atoms with E-state index in [4.69, 9.17) is 14.9 Å². The smallest absolute Gasteiger partial charge is 0.153 e. The second kappa shape index (κ2) is 7.33. The van der Waals surface area contributed by atoms with Crippen LogP contribution in [0.1, 0.15) is 30.3 Å². The van der Waals surface area contributed by atoms with Gasteiger partial charge in [0.25, 0.3) is 0 Å². The molecule has 0 aliphatic carbocycles. The highest BCUT2D eigenvalue weighted by Gasteiger charge is 2.09. The summed E-state index contributed by atoms with van der Waals surface area (Å²) in [5.41, 5.74) is 8.77. The minimum atomic E-state index is 0.682. The second-order valence-corrected chi connectivity index (χ2v) is 6.30. The Balaban J connectivity index is 1.67. The number of benzene rings is 1. The van der Waals surface area contributed by atoms with Gasteiger partial charge in [-0.3, -0.25) is 0 Å². The molecule has 0 amide bonds. The van der Waals surface area contributed by atoms with Crippen molar-refractivity contribution in [1.82, 2.24) is 4.98 Å². The molecule has 1 aromatic carbocycles. The van der Waals surface area contributed by atoms with Crippen molar-refractivity contribution < 1.29 is 9.15 Å². The van der Waals surface area contributed by atoms with Gasteiger partial charge in [-0.25, -0.2) is 4.98 Å². The van der Waals surface area contributed by atoms with Gasteiger partial charge in [-0.1, -0.05) is 19.4 Å². The first-order valence-corrected chi connectivity index (χ1v) is 8.63. The Morgan fingerprint density at radius 1 is 1.30 bits per heavy atom. The van der Waals surface area contributed by atoms with E-state index in [0.717, 1.165) is 47.0 Å². The van der Waals surface area contributed by atoms with Crippen molar-refractivity contribution in [2.45, 2.75) is 26.2 Å². The lowest BCUT2D eigenvalue weighted by Crippen LogP contribution is -2.00. The lowest BCUT2D eigenvalue weighted by Gasteiger charge is -2.09. The largest absolute Gasteiger partial charge is 0.491 e. The fourth-order valence-corrected chi connectivity index (χ4v) is 3.09. The summed E-state index contributed by atoms with van der Waals surface area (Å²) in [6.45, 7) is 2.85. The molecule has 120 valence electrons. The molecule has 0 aliphatic rings. The van der Waals surface area contributed by atoms with E-state index in [1.165, 1.54) is 0 Å². The number of nitrogen functional groups attached to an aromatic ring is 1. The Bertz CT molecular complexity index is 750. The zero-order valence-electron chi connectivity index (χ0n) is 13.1. The molecule has 0 atom stereocenters. The third-order valence-electron chi connectivity index (χ3n) is 3.51. The zero-order chi connectivity index (χ0) is 16.1. The van der Waals surface area contributed by atoms with Crippen LogP contribution in [0, 0.1) is 0 Å². The minimum Gasteiger partial charge on any atom is -0.491 e. The Morgan fingerprint density at radius 2 is 2.22 bits per heavy atom. The maximum Gasteiger partial charge on any atom is 0.153 e. The molecule has 0 aliphatic heterocycles. The number of ether oxygens (including phenoxy) is 1. The van der Waals surface area contributed by atoms with Crippen LogP contribution in [0.15, 0.2) is 46.4 Å². The lowest BCUT2D eigenvalue weighted by molar-refractivity contribution is 0.311. The Hall–Kier alpha value is -2.27. The van der Waals surface area contributed by atoms with Gasteiger partial charge in [0, 0.05) is 11.8 Å².